The number of amides is 2. The second kappa shape index (κ2) is 5.61. The van der Waals surface area contributed by atoms with E-state index >= 15 is 0 Å². The van der Waals surface area contributed by atoms with Crippen LogP contribution in [0.4, 0.5) is 10.5 Å². The Morgan fingerprint density at radius 3 is 2.39 bits per heavy atom. The van der Waals surface area contributed by atoms with Crippen LogP contribution < -0.4 is 10.6 Å². The third-order valence-electron chi connectivity index (χ3n) is 3.47. The maximum Gasteiger partial charge on any atom is 0.319 e. The van der Waals surface area contributed by atoms with Crippen molar-refractivity contribution < 1.29 is 4.79 Å². The van der Waals surface area contributed by atoms with Crippen molar-refractivity contribution in [1.29, 1.82) is 0 Å². The van der Waals surface area contributed by atoms with Crippen molar-refractivity contribution in [3.05, 3.63) is 29.3 Å². The highest BCUT2D eigenvalue weighted by atomic mass is 35.5. The summed E-state index contributed by atoms with van der Waals surface area (Å²) >= 11 is 5.80. The molecule has 0 aliphatic heterocycles. The monoisotopic (exact) mass is 266 g/mol. The summed E-state index contributed by atoms with van der Waals surface area (Å²) in [6.45, 7) is 2.12. The summed E-state index contributed by atoms with van der Waals surface area (Å²) in [5.74, 6) is 0. The molecule has 1 fully saturated rings. The number of benzene rings is 1. The lowest BCUT2D eigenvalue weighted by atomic mass is 9.83. The Kier molecular flexibility index (Phi) is 4.12. The molecule has 1 saturated carbocycles. The molecule has 0 saturated heterocycles. The van der Waals surface area contributed by atoms with Gasteiger partial charge >= 0.3 is 6.03 Å². The molecular weight excluding hydrogens is 248 g/mol. The zero-order chi connectivity index (χ0) is 13.0. The van der Waals surface area contributed by atoms with Gasteiger partial charge in [-0.3, -0.25) is 0 Å². The lowest BCUT2D eigenvalue weighted by Crippen LogP contribution is -2.48. The van der Waals surface area contributed by atoms with E-state index in [0.717, 1.165) is 18.5 Å². The Hall–Kier alpha value is -1.22. The number of anilines is 1. The minimum absolute atomic E-state index is 0.0608. The van der Waals surface area contributed by atoms with Gasteiger partial charge in [0.1, 0.15) is 0 Å². The molecule has 0 bridgehead atoms. The molecular formula is C14H19ClN2O. The van der Waals surface area contributed by atoms with Crippen LogP contribution in [0, 0.1) is 0 Å². The lowest BCUT2D eigenvalue weighted by molar-refractivity contribution is 0.221. The van der Waals surface area contributed by atoms with E-state index in [0.29, 0.717) is 5.02 Å². The summed E-state index contributed by atoms with van der Waals surface area (Å²) in [6, 6.07) is 6.98. The van der Waals surface area contributed by atoms with Gasteiger partial charge < -0.3 is 10.6 Å². The van der Waals surface area contributed by atoms with Gasteiger partial charge in [-0.25, -0.2) is 4.79 Å². The average Bonchev–Trinajstić information content (AvgIpc) is 2.32. The van der Waals surface area contributed by atoms with Crippen molar-refractivity contribution in [3.8, 4) is 0 Å². The SMILES string of the molecule is CC1(NC(=O)Nc2ccc(Cl)cc2)CCCCC1. The van der Waals surface area contributed by atoms with Crippen LogP contribution in [0.25, 0.3) is 0 Å². The van der Waals surface area contributed by atoms with Gasteiger partial charge in [-0.1, -0.05) is 30.9 Å². The number of halogens is 1. The molecule has 1 aromatic rings. The normalized spacial score (nSPS) is 18.1. The molecule has 0 unspecified atom stereocenters. The third kappa shape index (κ3) is 3.64. The molecule has 0 atom stereocenters. The van der Waals surface area contributed by atoms with Crippen LogP contribution in [0.1, 0.15) is 39.0 Å². The van der Waals surface area contributed by atoms with E-state index in [1.807, 2.05) is 0 Å². The van der Waals surface area contributed by atoms with Gasteiger partial charge in [0.05, 0.1) is 0 Å². The van der Waals surface area contributed by atoms with Gasteiger partial charge in [0.2, 0.25) is 0 Å². The number of carbonyl (C=O) groups excluding carboxylic acids is 1. The lowest BCUT2D eigenvalue weighted by Gasteiger charge is -2.34. The van der Waals surface area contributed by atoms with E-state index in [1.54, 1.807) is 24.3 Å². The van der Waals surface area contributed by atoms with E-state index in [-0.39, 0.29) is 11.6 Å². The van der Waals surface area contributed by atoms with Crippen LogP contribution in [0.2, 0.25) is 5.02 Å². The summed E-state index contributed by atoms with van der Waals surface area (Å²) in [5, 5.41) is 6.58. The Morgan fingerprint density at radius 2 is 1.78 bits per heavy atom. The first-order chi connectivity index (χ1) is 8.57. The summed E-state index contributed by atoms with van der Waals surface area (Å²) in [7, 11) is 0. The first-order valence-corrected chi connectivity index (χ1v) is 6.80. The largest absolute Gasteiger partial charge is 0.333 e. The number of nitrogens with one attached hydrogen (secondary N) is 2. The van der Waals surface area contributed by atoms with Crippen LogP contribution >= 0.6 is 11.6 Å². The van der Waals surface area contributed by atoms with Crippen LogP contribution in [-0.2, 0) is 0 Å². The molecule has 2 rings (SSSR count). The number of hydrogen-bond acceptors (Lipinski definition) is 1. The highest BCUT2D eigenvalue weighted by Crippen LogP contribution is 2.27. The summed E-state index contributed by atoms with van der Waals surface area (Å²) < 4.78 is 0. The fourth-order valence-corrected chi connectivity index (χ4v) is 2.55. The first-order valence-electron chi connectivity index (χ1n) is 6.42. The van der Waals surface area contributed by atoms with Crippen molar-refractivity contribution >= 4 is 23.3 Å². The molecule has 0 radical (unpaired) electrons. The van der Waals surface area contributed by atoms with Crippen molar-refractivity contribution in [2.45, 2.75) is 44.6 Å². The maximum atomic E-state index is 11.9. The zero-order valence-corrected chi connectivity index (χ0v) is 11.4. The van der Waals surface area contributed by atoms with Crippen molar-refractivity contribution in [2.75, 3.05) is 5.32 Å². The summed E-state index contributed by atoms with van der Waals surface area (Å²) in [6.07, 6.45) is 5.77. The minimum Gasteiger partial charge on any atom is -0.333 e. The van der Waals surface area contributed by atoms with E-state index < -0.39 is 0 Å². The fraction of sp³-hybridized carbons (Fsp3) is 0.500. The molecule has 2 N–H and O–H groups in total. The van der Waals surface area contributed by atoms with Crippen LogP contribution in [0.5, 0.6) is 0 Å². The van der Waals surface area contributed by atoms with Crippen molar-refractivity contribution in [1.82, 2.24) is 5.32 Å². The Bertz CT molecular complexity index is 410. The van der Waals surface area contributed by atoms with Gasteiger partial charge in [-0.2, -0.15) is 0 Å². The number of carbonyl (C=O) groups is 1. The molecule has 98 valence electrons. The van der Waals surface area contributed by atoms with Crippen LogP contribution in [0.3, 0.4) is 0 Å². The summed E-state index contributed by atoms with van der Waals surface area (Å²) in [4.78, 5) is 11.9. The van der Waals surface area contributed by atoms with Gasteiger partial charge in [0.25, 0.3) is 0 Å². The molecule has 1 aromatic carbocycles. The van der Waals surface area contributed by atoms with Gasteiger partial charge in [-0.05, 0) is 44.0 Å². The zero-order valence-electron chi connectivity index (χ0n) is 10.6. The van der Waals surface area contributed by atoms with Crippen molar-refractivity contribution in [2.24, 2.45) is 0 Å². The Balaban J connectivity index is 1.90. The van der Waals surface area contributed by atoms with Gasteiger partial charge in [-0.15, -0.1) is 0 Å². The van der Waals surface area contributed by atoms with Gasteiger partial charge in [0.15, 0.2) is 0 Å². The number of hydrogen-bond donors (Lipinski definition) is 2. The molecule has 0 aromatic heterocycles. The molecule has 2 amide bonds. The quantitative estimate of drug-likeness (QED) is 0.828. The van der Waals surface area contributed by atoms with E-state index in [2.05, 4.69) is 17.6 Å². The smallest absolute Gasteiger partial charge is 0.319 e. The molecule has 4 heteroatoms. The first kappa shape index (κ1) is 13.2. The highest BCUT2D eigenvalue weighted by Gasteiger charge is 2.28. The van der Waals surface area contributed by atoms with E-state index in [4.69, 9.17) is 11.6 Å². The molecule has 0 heterocycles. The minimum atomic E-state index is -0.137. The highest BCUT2D eigenvalue weighted by molar-refractivity contribution is 6.30. The second-order valence-electron chi connectivity index (χ2n) is 5.21. The molecule has 1 aliphatic rings. The third-order valence-corrected chi connectivity index (χ3v) is 3.73. The van der Waals surface area contributed by atoms with E-state index in [1.165, 1.54) is 19.3 Å². The predicted molar refractivity (Wildman–Crippen MR) is 75.1 cm³/mol. The fourth-order valence-electron chi connectivity index (χ4n) is 2.43. The van der Waals surface area contributed by atoms with E-state index in [9.17, 15) is 4.79 Å². The molecule has 0 spiro atoms. The van der Waals surface area contributed by atoms with Crippen LogP contribution in [0.15, 0.2) is 24.3 Å². The van der Waals surface area contributed by atoms with Crippen LogP contribution in [-0.4, -0.2) is 11.6 Å². The van der Waals surface area contributed by atoms with Crippen molar-refractivity contribution in [3.63, 3.8) is 0 Å². The van der Waals surface area contributed by atoms with Gasteiger partial charge in [0, 0.05) is 16.2 Å². The second-order valence-corrected chi connectivity index (χ2v) is 5.64. The number of rotatable bonds is 2. The Labute approximate surface area is 113 Å². The molecule has 1 aliphatic carbocycles. The average molecular weight is 267 g/mol. The molecule has 3 nitrogen and oxygen atoms in total. The number of urea groups is 1. The Morgan fingerprint density at radius 1 is 1.17 bits per heavy atom. The summed E-state index contributed by atoms with van der Waals surface area (Å²) in [5.41, 5.74) is 0.700. The maximum absolute atomic E-state index is 11.9. The predicted octanol–water partition coefficient (Wildman–Crippen LogP) is 4.18. The molecule has 18 heavy (non-hydrogen) atoms. The topological polar surface area (TPSA) is 41.1 Å². The standard InChI is InChI=1S/C14H19ClN2O/c1-14(9-3-2-4-10-14)17-13(18)16-12-7-5-11(15)6-8-12/h5-8H,2-4,9-10H2,1H3,(H2,16,17,18).